The van der Waals surface area contributed by atoms with E-state index in [2.05, 4.69) is 5.32 Å². The van der Waals surface area contributed by atoms with E-state index in [-0.39, 0.29) is 23.8 Å². The van der Waals surface area contributed by atoms with Gasteiger partial charge in [-0.15, -0.1) is 0 Å². The van der Waals surface area contributed by atoms with Gasteiger partial charge in [0.05, 0.1) is 17.7 Å². The van der Waals surface area contributed by atoms with Gasteiger partial charge >= 0.3 is 0 Å². The second-order valence-electron chi connectivity index (χ2n) is 4.83. The fraction of sp³-hybridized carbons (Fsp3) is 0.462. The molecule has 0 unspecified atom stereocenters. The molecule has 4 nitrogen and oxygen atoms in total. The van der Waals surface area contributed by atoms with Gasteiger partial charge in [0.2, 0.25) is 0 Å². The van der Waals surface area contributed by atoms with Crippen molar-refractivity contribution >= 4 is 11.6 Å². The number of aliphatic hydroxyl groups is 1. The minimum absolute atomic E-state index is 0.0835. The van der Waals surface area contributed by atoms with Gasteiger partial charge in [-0.3, -0.25) is 4.79 Å². The Morgan fingerprint density at radius 1 is 1.44 bits per heavy atom. The zero-order valence-corrected chi connectivity index (χ0v) is 10.1. The number of benzene rings is 1. The van der Waals surface area contributed by atoms with Gasteiger partial charge in [0.1, 0.15) is 5.82 Å². The fourth-order valence-electron chi connectivity index (χ4n) is 2.42. The van der Waals surface area contributed by atoms with Crippen molar-refractivity contribution in [3.63, 3.8) is 0 Å². The van der Waals surface area contributed by atoms with Crippen molar-refractivity contribution in [1.82, 2.24) is 5.32 Å². The van der Waals surface area contributed by atoms with Gasteiger partial charge in [0.15, 0.2) is 0 Å². The van der Waals surface area contributed by atoms with Crippen molar-refractivity contribution in [3.05, 3.63) is 29.6 Å². The van der Waals surface area contributed by atoms with Gasteiger partial charge in [-0.05, 0) is 31.0 Å². The van der Waals surface area contributed by atoms with E-state index in [1.807, 2.05) is 0 Å². The molecule has 1 aliphatic rings. The van der Waals surface area contributed by atoms with Crippen LogP contribution in [-0.4, -0.2) is 23.2 Å². The summed E-state index contributed by atoms with van der Waals surface area (Å²) in [6.45, 7) is -0.0835. The summed E-state index contributed by atoms with van der Waals surface area (Å²) in [7, 11) is 0. The number of hydrogen-bond acceptors (Lipinski definition) is 3. The summed E-state index contributed by atoms with van der Waals surface area (Å²) in [5.74, 6) is -0.828. The summed E-state index contributed by atoms with van der Waals surface area (Å²) in [6.07, 6.45) is 3.49. The van der Waals surface area contributed by atoms with Crippen LogP contribution in [0, 0.1) is 5.82 Å². The maximum absolute atomic E-state index is 12.9. The average Bonchev–Trinajstić information content (AvgIpc) is 2.78. The Kier molecular flexibility index (Phi) is 3.52. The van der Waals surface area contributed by atoms with E-state index < -0.39 is 11.4 Å². The third kappa shape index (κ3) is 2.46. The fourth-order valence-corrected chi connectivity index (χ4v) is 2.42. The van der Waals surface area contributed by atoms with Crippen LogP contribution >= 0.6 is 0 Å². The molecular weight excluding hydrogens is 235 g/mol. The monoisotopic (exact) mass is 252 g/mol. The van der Waals surface area contributed by atoms with Gasteiger partial charge in [0.25, 0.3) is 5.91 Å². The van der Waals surface area contributed by atoms with Crippen LogP contribution in [0.3, 0.4) is 0 Å². The summed E-state index contributed by atoms with van der Waals surface area (Å²) in [4.78, 5) is 12.1. The quantitative estimate of drug-likeness (QED) is 0.712. The van der Waals surface area contributed by atoms with E-state index in [1.54, 1.807) is 0 Å². The lowest BCUT2D eigenvalue weighted by Gasteiger charge is -2.28. The number of aliphatic hydroxyl groups excluding tert-OH is 1. The van der Waals surface area contributed by atoms with Crippen LogP contribution in [0.4, 0.5) is 10.1 Å². The molecule has 98 valence electrons. The highest BCUT2D eigenvalue weighted by Gasteiger charge is 2.35. The number of halogens is 1. The molecule has 1 aromatic rings. The maximum Gasteiger partial charge on any atom is 0.253 e. The van der Waals surface area contributed by atoms with E-state index in [4.69, 9.17) is 5.73 Å². The molecule has 0 atom stereocenters. The lowest BCUT2D eigenvalue weighted by atomic mass is 9.98. The summed E-state index contributed by atoms with van der Waals surface area (Å²) in [5, 5.41) is 12.2. The van der Waals surface area contributed by atoms with E-state index in [9.17, 15) is 14.3 Å². The van der Waals surface area contributed by atoms with Crippen molar-refractivity contribution in [2.45, 2.75) is 31.2 Å². The molecule has 0 saturated heterocycles. The van der Waals surface area contributed by atoms with Crippen LogP contribution in [0.1, 0.15) is 36.0 Å². The second-order valence-corrected chi connectivity index (χ2v) is 4.83. The average molecular weight is 252 g/mol. The van der Waals surface area contributed by atoms with E-state index >= 15 is 0 Å². The molecule has 0 aromatic heterocycles. The first-order valence-corrected chi connectivity index (χ1v) is 6.05. The summed E-state index contributed by atoms with van der Waals surface area (Å²) in [5.41, 5.74) is 5.43. The van der Waals surface area contributed by atoms with Gasteiger partial charge in [-0.1, -0.05) is 12.8 Å². The minimum atomic E-state index is -0.544. The molecule has 0 aliphatic heterocycles. The molecule has 2 rings (SSSR count). The zero-order valence-electron chi connectivity index (χ0n) is 10.1. The molecule has 1 amide bonds. The lowest BCUT2D eigenvalue weighted by molar-refractivity contribution is 0.0839. The lowest BCUT2D eigenvalue weighted by Crippen LogP contribution is -2.49. The molecule has 1 saturated carbocycles. The Morgan fingerprint density at radius 3 is 2.67 bits per heavy atom. The topological polar surface area (TPSA) is 75.4 Å². The van der Waals surface area contributed by atoms with Gasteiger partial charge < -0.3 is 16.2 Å². The van der Waals surface area contributed by atoms with Crippen molar-refractivity contribution < 1.29 is 14.3 Å². The highest BCUT2D eigenvalue weighted by molar-refractivity contribution is 5.99. The van der Waals surface area contributed by atoms with Crippen LogP contribution < -0.4 is 11.1 Å². The molecule has 1 aromatic carbocycles. The van der Waals surface area contributed by atoms with Crippen LogP contribution in [0.5, 0.6) is 0 Å². The highest BCUT2D eigenvalue weighted by Crippen LogP contribution is 2.29. The third-order valence-corrected chi connectivity index (χ3v) is 3.50. The maximum atomic E-state index is 12.9. The number of anilines is 1. The number of hydrogen-bond donors (Lipinski definition) is 3. The number of carbonyl (C=O) groups excluding carboxylic acids is 1. The normalized spacial score (nSPS) is 17.7. The van der Waals surface area contributed by atoms with Crippen molar-refractivity contribution in [2.24, 2.45) is 0 Å². The Bertz CT molecular complexity index is 456. The van der Waals surface area contributed by atoms with E-state index in [1.165, 1.54) is 12.1 Å². The predicted molar refractivity (Wildman–Crippen MR) is 66.6 cm³/mol. The smallest absolute Gasteiger partial charge is 0.253 e. The van der Waals surface area contributed by atoms with Crippen LogP contribution in [0.25, 0.3) is 0 Å². The Labute approximate surface area is 105 Å². The standard InChI is InChI=1S/C13H17FN2O2/c14-9-3-4-10(11(15)7-9)12(18)16-13(8-17)5-1-2-6-13/h3-4,7,17H,1-2,5-6,8,15H2,(H,16,18). The molecule has 1 aliphatic carbocycles. The number of nitrogen functional groups attached to an aromatic ring is 1. The molecule has 0 heterocycles. The van der Waals surface area contributed by atoms with Gasteiger partial charge in [-0.25, -0.2) is 4.39 Å². The molecule has 1 fully saturated rings. The minimum Gasteiger partial charge on any atom is -0.398 e. The first-order chi connectivity index (χ1) is 8.56. The van der Waals surface area contributed by atoms with Crippen LogP contribution in [-0.2, 0) is 0 Å². The second kappa shape index (κ2) is 4.94. The molecule has 4 N–H and O–H groups in total. The van der Waals surface area contributed by atoms with Gasteiger partial charge in [-0.2, -0.15) is 0 Å². The Morgan fingerprint density at radius 2 is 2.11 bits per heavy atom. The number of nitrogens with one attached hydrogen (secondary N) is 1. The molecule has 0 radical (unpaired) electrons. The van der Waals surface area contributed by atoms with Gasteiger partial charge in [0, 0.05) is 5.69 Å². The Balaban J connectivity index is 2.16. The molecule has 5 heteroatoms. The number of amides is 1. The van der Waals surface area contributed by atoms with Crippen LogP contribution in [0.2, 0.25) is 0 Å². The van der Waals surface area contributed by atoms with E-state index in [0.29, 0.717) is 0 Å². The largest absolute Gasteiger partial charge is 0.398 e. The van der Waals surface area contributed by atoms with E-state index in [0.717, 1.165) is 31.7 Å². The highest BCUT2D eigenvalue weighted by atomic mass is 19.1. The first-order valence-electron chi connectivity index (χ1n) is 6.05. The summed E-state index contributed by atoms with van der Waals surface area (Å²) >= 11 is 0. The third-order valence-electron chi connectivity index (χ3n) is 3.50. The molecule has 0 spiro atoms. The SMILES string of the molecule is Nc1cc(F)ccc1C(=O)NC1(CO)CCCC1. The van der Waals surface area contributed by atoms with Crippen molar-refractivity contribution in [3.8, 4) is 0 Å². The Hall–Kier alpha value is -1.62. The molecule has 18 heavy (non-hydrogen) atoms. The zero-order chi connectivity index (χ0) is 13.2. The number of rotatable bonds is 3. The van der Waals surface area contributed by atoms with Crippen molar-refractivity contribution in [2.75, 3.05) is 12.3 Å². The molecule has 0 bridgehead atoms. The summed E-state index contributed by atoms with van der Waals surface area (Å²) in [6, 6.07) is 3.68. The molecular formula is C13H17FN2O2. The predicted octanol–water partition coefficient (Wildman–Crippen LogP) is 1.44. The first kappa shape index (κ1) is 12.8. The number of nitrogens with two attached hydrogens (primary N) is 1. The van der Waals surface area contributed by atoms with Crippen molar-refractivity contribution in [1.29, 1.82) is 0 Å². The van der Waals surface area contributed by atoms with Crippen LogP contribution in [0.15, 0.2) is 18.2 Å². The number of carbonyl (C=O) groups is 1. The summed E-state index contributed by atoms with van der Waals surface area (Å²) < 4.78 is 12.9.